The number of benzene rings is 1. The fraction of sp³-hybridized carbons (Fsp3) is 0.500. The van der Waals surface area contributed by atoms with Gasteiger partial charge in [0.15, 0.2) is 6.10 Å². The molecule has 0 saturated carbocycles. The fourth-order valence-corrected chi connectivity index (χ4v) is 1.65. The van der Waals surface area contributed by atoms with Gasteiger partial charge in [-0.2, -0.15) is 0 Å². The number of halogens is 1. The number of hydrogen-bond donors (Lipinski definition) is 1. The smallest absolute Gasteiger partial charge is 0.260 e. The second-order valence-electron chi connectivity index (χ2n) is 4.66. The van der Waals surface area contributed by atoms with Gasteiger partial charge in [0.1, 0.15) is 5.75 Å². The van der Waals surface area contributed by atoms with E-state index in [2.05, 4.69) is 10.2 Å². The summed E-state index contributed by atoms with van der Waals surface area (Å²) >= 11 is 5.78. The summed E-state index contributed by atoms with van der Waals surface area (Å²) in [5.74, 6) is 0.536. The highest BCUT2D eigenvalue weighted by molar-refractivity contribution is 6.30. The van der Waals surface area contributed by atoms with Crippen molar-refractivity contribution in [3.8, 4) is 5.75 Å². The zero-order chi connectivity index (χ0) is 14.3. The van der Waals surface area contributed by atoms with Crippen LogP contribution in [-0.2, 0) is 4.79 Å². The summed E-state index contributed by atoms with van der Waals surface area (Å²) in [5, 5.41) is 3.50. The van der Waals surface area contributed by atoms with Gasteiger partial charge < -0.3 is 15.0 Å². The van der Waals surface area contributed by atoms with E-state index in [1.165, 1.54) is 0 Å². The molecular weight excluding hydrogens is 264 g/mol. The first kappa shape index (κ1) is 15.8. The molecule has 4 nitrogen and oxygen atoms in total. The maximum absolute atomic E-state index is 11.8. The van der Waals surface area contributed by atoms with Gasteiger partial charge >= 0.3 is 0 Å². The van der Waals surface area contributed by atoms with Crippen molar-refractivity contribution < 1.29 is 9.53 Å². The Kier molecular flexibility index (Phi) is 6.67. The average Bonchev–Trinajstić information content (AvgIpc) is 2.36. The number of nitrogens with one attached hydrogen (secondary N) is 1. The topological polar surface area (TPSA) is 41.6 Å². The Morgan fingerprint density at radius 2 is 2.00 bits per heavy atom. The van der Waals surface area contributed by atoms with Crippen molar-refractivity contribution in [3.63, 3.8) is 0 Å². The van der Waals surface area contributed by atoms with Crippen LogP contribution < -0.4 is 10.1 Å². The minimum atomic E-state index is -0.513. The second kappa shape index (κ2) is 8.02. The number of nitrogens with zero attached hydrogens (tertiary/aromatic N) is 1. The highest BCUT2D eigenvalue weighted by Gasteiger charge is 2.13. The number of hydrogen-bond acceptors (Lipinski definition) is 3. The van der Waals surface area contributed by atoms with Crippen LogP contribution in [0.15, 0.2) is 24.3 Å². The zero-order valence-electron chi connectivity index (χ0n) is 11.6. The molecule has 1 rings (SSSR count). The average molecular weight is 285 g/mol. The third-order valence-electron chi connectivity index (χ3n) is 2.58. The van der Waals surface area contributed by atoms with Crippen LogP contribution in [-0.4, -0.2) is 44.1 Å². The summed E-state index contributed by atoms with van der Waals surface area (Å²) in [7, 11) is 4.02. The molecule has 0 spiro atoms. The maximum Gasteiger partial charge on any atom is 0.260 e. The van der Waals surface area contributed by atoms with Gasteiger partial charge in [0, 0.05) is 11.6 Å². The van der Waals surface area contributed by atoms with E-state index in [1.807, 2.05) is 14.1 Å². The summed E-state index contributed by atoms with van der Waals surface area (Å²) in [6, 6.07) is 6.97. The molecule has 1 amide bonds. The van der Waals surface area contributed by atoms with Gasteiger partial charge in [-0.1, -0.05) is 11.6 Å². The summed E-state index contributed by atoms with van der Waals surface area (Å²) < 4.78 is 5.53. The van der Waals surface area contributed by atoms with E-state index < -0.39 is 6.10 Å². The van der Waals surface area contributed by atoms with Crippen molar-refractivity contribution in [1.82, 2.24) is 10.2 Å². The summed E-state index contributed by atoms with van der Waals surface area (Å²) in [6.45, 7) is 3.34. The van der Waals surface area contributed by atoms with Gasteiger partial charge in [0.25, 0.3) is 5.91 Å². The first-order valence-corrected chi connectivity index (χ1v) is 6.71. The molecule has 19 heavy (non-hydrogen) atoms. The second-order valence-corrected chi connectivity index (χ2v) is 5.10. The van der Waals surface area contributed by atoms with Crippen LogP contribution >= 0.6 is 11.6 Å². The molecule has 0 fully saturated rings. The first-order valence-electron chi connectivity index (χ1n) is 6.33. The lowest BCUT2D eigenvalue weighted by molar-refractivity contribution is -0.127. The minimum Gasteiger partial charge on any atom is -0.481 e. The van der Waals surface area contributed by atoms with Crippen LogP contribution in [0.2, 0.25) is 5.02 Å². The van der Waals surface area contributed by atoms with Crippen molar-refractivity contribution in [1.29, 1.82) is 0 Å². The van der Waals surface area contributed by atoms with Crippen molar-refractivity contribution in [2.24, 2.45) is 0 Å². The molecule has 0 unspecified atom stereocenters. The maximum atomic E-state index is 11.8. The van der Waals surface area contributed by atoms with Crippen molar-refractivity contribution in [2.45, 2.75) is 19.4 Å². The highest BCUT2D eigenvalue weighted by Crippen LogP contribution is 2.16. The predicted molar refractivity (Wildman–Crippen MR) is 77.7 cm³/mol. The number of ether oxygens (including phenoxy) is 1. The summed E-state index contributed by atoms with van der Waals surface area (Å²) in [5.41, 5.74) is 0. The van der Waals surface area contributed by atoms with Crippen LogP contribution in [0.4, 0.5) is 0 Å². The molecule has 0 radical (unpaired) electrons. The van der Waals surface area contributed by atoms with Gasteiger partial charge in [0.2, 0.25) is 0 Å². The van der Waals surface area contributed by atoms with Gasteiger partial charge in [-0.3, -0.25) is 4.79 Å². The molecule has 106 valence electrons. The van der Waals surface area contributed by atoms with Gasteiger partial charge in [-0.25, -0.2) is 0 Å². The molecule has 1 atom stereocenters. The Balaban J connectivity index is 2.30. The molecule has 0 heterocycles. The van der Waals surface area contributed by atoms with E-state index in [1.54, 1.807) is 31.2 Å². The molecule has 0 aliphatic rings. The minimum absolute atomic E-state index is 0.103. The number of amides is 1. The number of carbonyl (C=O) groups excluding carboxylic acids is 1. The molecule has 0 aliphatic carbocycles. The normalized spacial score (nSPS) is 12.3. The molecule has 1 N–H and O–H groups in total. The van der Waals surface area contributed by atoms with Crippen LogP contribution in [0.5, 0.6) is 5.75 Å². The Labute approximate surface area is 119 Å². The molecule has 1 aromatic carbocycles. The summed E-state index contributed by atoms with van der Waals surface area (Å²) in [4.78, 5) is 13.9. The molecule has 0 aromatic heterocycles. The Bertz CT molecular complexity index is 393. The van der Waals surface area contributed by atoms with E-state index in [4.69, 9.17) is 16.3 Å². The molecular formula is C14H21ClN2O2. The SMILES string of the molecule is C[C@H](Oc1ccc(Cl)cc1)C(=O)NCCCN(C)C. The zero-order valence-corrected chi connectivity index (χ0v) is 12.4. The first-order chi connectivity index (χ1) is 8.99. The predicted octanol–water partition coefficient (Wildman–Crippen LogP) is 2.18. The Hall–Kier alpha value is -1.26. The molecule has 1 aromatic rings. The van der Waals surface area contributed by atoms with E-state index in [0.29, 0.717) is 17.3 Å². The van der Waals surface area contributed by atoms with Crippen LogP contribution in [0, 0.1) is 0 Å². The highest BCUT2D eigenvalue weighted by atomic mass is 35.5. The lowest BCUT2D eigenvalue weighted by atomic mass is 10.3. The monoisotopic (exact) mass is 284 g/mol. The molecule has 0 bridgehead atoms. The standard InChI is InChI=1S/C14H21ClN2O2/c1-11(14(18)16-9-4-10-17(2)3)19-13-7-5-12(15)6-8-13/h5-8,11H,4,9-10H2,1-3H3,(H,16,18)/t11-/m0/s1. The third kappa shape index (κ3) is 6.45. The van der Waals surface area contributed by atoms with E-state index in [0.717, 1.165) is 13.0 Å². The van der Waals surface area contributed by atoms with Crippen molar-refractivity contribution in [3.05, 3.63) is 29.3 Å². The quantitative estimate of drug-likeness (QED) is 0.780. The number of rotatable bonds is 7. The largest absolute Gasteiger partial charge is 0.481 e. The van der Waals surface area contributed by atoms with E-state index in [-0.39, 0.29) is 5.91 Å². The number of carbonyl (C=O) groups is 1. The molecule has 5 heteroatoms. The van der Waals surface area contributed by atoms with Crippen molar-refractivity contribution >= 4 is 17.5 Å². The fourth-order valence-electron chi connectivity index (χ4n) is 1.52. The van der Waals surface area contributed by atoms with Gasteiger partial charge in [-0.15, -0.1) is 0 Å². The Morgan fingerprint density at radius 1 is 1.37 bits per heavy atom. The van der Waals surface area contributed by atoms with Crippen molar-refractivity contribution in [2.75, 3.05) is 27.2 Å². The van der Waals surface area contributed by atoms with Crippen LogP contribution in [0.3, 0.4) is 0 Å². The van der Waals surface area contributed by atoms with Crippen LogP contribution in [0.25, 0.3) is 0 Å². The molecule has 0 aliphatic heterocycles. The van der Waals surface area contributed by atoms with Crippen LogP contribution in [0.1, 0.15) is 13.3 Å². The Morgan fingerprint density at radius 3 is 2.58 bits per heavy atom. The lowest BCUT2D eigenvalue weighted by Gasteiger charge is -2.15. The van der Waals surface area contributed by atoms with E-state index in [9.17, 15) is 4.79 Å². The third-order valence-corrected chi connectivity index (χ3v) is 2.83. The van der Waals surface area contributed by atoms with E-state index >= 15 is 0 Å². The van der Waals surface area contributed by atoms with Gasteiger partial charge in [0.05, 0.1) is 0 Å². The molecule has 0 saturated heterocycles. The summed E-state index contributed by atoms with van der Waals surface area (Å²) in [6.07, 6.45) is 0.410. The lowest BCUT2D eigenvalue weighted by Crippen LogP contribution is -2.37. The van der Waals surface area contributed by atoms with Gasteiger partial charge in [-0.05, 0) is 58.3 Å².